The Bertz CT molecular complexity index is 831. The molecule has 0 fully saturated rings. The maximum Gasteiger partial charge on any atom is 0.361 e. The van der Waals surface area contributed by atoms with Gasteiger partial charge in [-0.1, -0.05) is 35.4 Å². The van der Waals surface area contributed by atoms with E-state index >= 15 is 0 Å². The van der Waals surface area contributed by atoms with Crippen LogP contribution in [0.5, 0.6) is 0 Å². The van der Waals surface area contributed by atoms with Crippen LogP contribution >= 0.6 is 15.2 Å². The summed E-state index contributed by atoms with van der Waals surface area (Å²) >= 11 is 0. The smallest absolute Gasteiger partial charge is 0.305 e. The van der Waals surface area contributed by atoms with Crippen molar-refractivity contribution in [3.8, 4) is 0 Å². The second kappa shape index (κ2) is 13.2. The van der Waals surface area contributed by atoms with E-state index in [0.717, 1.165) is 11.1 Å². The summed E-state index contributed by atoms with van der Waals surface area (Å²) in [5, 5.41) is 1.25. The van der Waals surface area contributed by atoms with Crippen molar-refractivity contribution in [2.45, 2.75) is 41.5 Å². The molecule has 0 saturated carbocycles. The van der Waals surface area contributed by atoms with E-state index in [1.165, 1.54) is 0 Å². The van der Waals surface area contributed by atoms with Crippen molar-refractivity contribution >= 4 is 25.8 Å². The minimum absolute atomic E-state index is 0.380. The molecule has 0 aromatic heterocycles. The molecule has 2 aromatic carbocycles. The minimum atomic E-state index is -3.10. The average Bonchev–Trinajstić information content (AvgIpc) is 2.70. The quantitative estimate of drug-likeness (QED) is 0.423. The van der Waals surface area contributed by atoms with Gasteiger partial charge in [-0.3, -0.25) is 9.13 Å². The lowest BCUT2D eigenvalue weighted by atomic mass is 10.2. The van der Waals surface area contributed by atoms with Gasteiger partial charge in [-0.2, -0.15) is 0 Å². The van der Waals surface area contributed by atoms with E-state index in [1.54, 1.807) is 32.0 Å². The van der Waals surface area contributed by atoms with Crippen LogP contribution in [-0.4, -0.2) is 26.4 Å². The molecule has 0 unspecified atom stereocenters. The lowest BCUT2D eigenvalue weighted by Gasteiger charge is -2.17. The van der Waals surface area contributed by atoms with Crippen molar-refractivity contribution in [2.75, 3.05) is 26.4 Å². The fraction of sp³-hybridized carbons (Fsp3) is 0.455. The maximum atomic E-state index is 12.3. The summed E-state index contributed by atoms with van der Waals surface area (Å²) in [7, 11) is -6.19. The fourth-order valence-corrected chi connectivity index (χ4v) is 5.83. The molecule has 0 aliphatic carbocycles. The standard InChI is InChI=1S/2C11H17O3P/c1-4-13-15(12,14-5-2)11-8-6-10(3)7-9-11;1-4-13-15(12,14-5-2)11-8-6-7-10(3)9-11/h2*6-9H,4-5H2,1-3H3. The van der Waals surface area contributed by atoms with Gasteiger partial charge >= 0.3 is 15.2 Å². The van der Waals surface area contributed by atoms with Crippen LogP contribution in [0.15, 0.2) is 48.5 Å². The van der Waals surface area contributed by atoms with Gasteiger partial charge in [-0.15, -0.1) is 0 Å². The van der Waals surface area contributed by atoms with Gasteiger partial charge in [0.15, 0.2) is 0 Å². The van der Waals surface area contributed by atoms with Crippen LogP contribution in [0, 0.1) is 13.8 Å². The Hall–Kier alpha value is -1.26. The van der Waals surface area contributed by atoms with Crippen molar-refractivity contribution in [3.63, 3.8) is 0 Å². The number of hydrogen-bond donors (Lipinski definition) is 0. The fourth-order valence-electron chi connectivity index (χ4n) is 2.58. The molecule has 0 aliphatic rings. The highest BCUT2D eigenvalue weighted by atomic mass is 31.2. The number of rotatable bonds is 10. The molecule has 0 spiro atoms. The molecule has 0 N–H and O–H groups in total. The lowest BCUT2D eigenvalue weighted by Crippen LogP contribution is -2.10. The summed E-state index contributed by atoms with van der Waals surface area (Å²) < 4.78 is 45.6. The highest BCUT2D eigenvalue weighted by Gasteiger charge is 2.27. The van der Waals surface area contributed by atoms with E-state index < -0.39 is 15.2 Å². The summed E-state index contributed by atoms with van der Waals surface area (Å²) in [4.78, 5) is 0. The number of aryl methyl sites for hydroxylation is 2. The molecule has 0 saturated heterocycles. The Morgan fingerprint density at radius 3 is 1.43 bits per heavy atom. The highest BCUT2D eigenvalue weighted by Crippen LogP contribution is 2.47. The Balaban J connectivity index is 0.000000300. The van der Waals surface area contributed by atoms with Crippen LogP contribution in [0.4, 0.5) is 0 Å². The summed E-state index contributed by atoms with van der Waals surface area (Å²) in [6.07, 6.45) is 0. The first-order chi connectivity index (χ1) is 14.2. The van der Waals surface area contributed by atoms with Crippen LogP contribution in [0.25, 0.3) is 0 Å². The van der Waals surface area contributed by atoms with Crippen molar-refractivity contribution in [2.24, 2.45) is 0 Å². The summed E-state index contributed by atoms with van der Waals surface area (Å²) in [5.74, 6) is 0. The van der Waals surface area contributed by atoms with E-state index in [2.05, 4.69) is 0 Å². The van der Waals surface area contributed by atoms with Crippen LogP contribution < -0.4 is 10.6 Å². The van der Waals surface area contributed by atoms with Crippen molar-refractivity contribution in [1.29, 1.82) is 0 Å². The predicted molar refractivity (Wildman–Crippen MR) is 123 cm³/mol. The Morgan fingerprint density at radius 2 is 1.03 bits per heavy atom. The van der Waals surface area contributed by atoms with Crippen molar-refractivity contribution in [3.05, 3.63) is 59.7 Å². The molecule has 2 aromatic rings. The van der Waals surface area contributed by atoms with Crippen LogP contribution in [0.2, 0.25) is 0 Å². The van der Waals surface area contributed by atoms with Gasteiger partial charge in [0.25, 0.3) is 0 Å². The highest BCUT2D eigenvalue weighted by molar-refractivity contribution is 7.62. The van der Waals surface area contributed by atoms with E-state index in [1.807, 2.05) is 58.0 Å². The molecular formula is C22H34O6P2. The van der Waals surface area contributed by atoms with Gasteiger partial charge in [-0.25, -0.2) is 0 Å². The Kier molecular flexibility index (Phi) is 11.8. The van der Waals surface area contributed by atoms with Crippen molar-refractivity contribution < 1.29 is 27.2 Å². The normalized spacial score (nSPS) is 11.7. The first-order valence-electron chi connectivity index (χ1n) is 10.2. The van der Waals surface area contributed by atoms with Gasteiger partial charge < -0.3 is 18.1 Å². The first kappa shape index (κ1) is 26.8. The maximum absolute atomic E-state index is 12.3. The average molecular weight is 456 g/mol. The van der Waals surface area contributed by atoms with Gasteiger partial charge in [0.05, 0.1) is 37.0 Å². The summed E-state index contributed by atoms with van der Waals surface area (Å²) in [6, 6.07) is 14.8. The Morgan fingerprint density at radius 1 is 0.600 bits per heavy atom. The van der Waals surface area contributed by atoms with E-state index in [0.29, 0.717) is 37.0 Å². The predicted octanol–water partition coefficient (Wildman–Crippen LogP) is 5.77. The molecule has 0 heterocycles. The van der Waals surface area contributed by atoms with E-state index in [-0.39, 0.29) is 0 Å². The second-order valence-electron chi connectivity index (χ2n) is 6.34. The molecule has 0 radical (unpaired) electrons. The molecule has 0 bridgehead atoms. The van der Waals surface area contributed by atoms with Gasteiger partial charge in [0, 0.05) is 0 Å². The third-order valence-corrected chi connectivity index (χ3v) is 8.10. The molecule has 168 valence electrons. The molecule has 30 heavy (non-hydrogen) atoms. The molecular weight excluding hydrogens is 422 g/mol. The van der Waals surface area contributed by atoms with Crippen molar-refractivity contribution in [1.82, 2.24) is 0 Å². The molecule has 0 aliphatic heterocycles. The monoisotopic (exact) mass is 456 g/mol. The Labute approximate surface area is 181 Å². The lowest BCUT2D eigenvalue weighted by molar-refractivity contribution is 0.229. The third kappa shape index (κ3) is 8.11. The second-order valence-corrected chi connectivity index (χ2v) is 10.4. The SMILES string of the molecule is CCOP(=O)(OCC)c1ccc(C)cc1.CCOP(=O)(OCC)c1cccc(C)c1. The summed E-state index contributed by atoms with van der Waals surface area (Å²) in [5.41, 5.74) is 2.17. The van der Waals surface area contributed by atoms with Gasteiger partial charge in [0.2, 0.25) is 0 Å². The zero-order chi connectivity index (χ0) is 22.6. The number of benzene rings is 2. The molecule has 0 atom stereocenters. The topological polar surface area (TPSA) is 71.1 Å². The van der Waals surface area contributed by atoms with E-state index in [9.17, 15) is 9.13 Å². The largest absolute Gasteiger partial charge is 0.361 e. The molecule has 6 nitrogen and oxygen atoms in total. The van der Waals surface area contributed by atoms with Crippen LogP contribution in [0.1, 0.15) is 38.8 Å². The first-order valence-corrected chi connectivity index (χ1v) is 13.3. The van der Waals surface area contributed by atoms with E-state index in [4.69, 9.17) is 18.1 Å². The van der Waals surface area contributed by atoms with Crippen LogP contribution in [-0.2, 0) is 27.2 Å². The zero-order valence-corrected chi connectivity index (χ0v) is 20.6. The zero-order valence-electron chi connectivity index (χ0n) is 18.8. The number of hydrogen-bond acceptors (Lipinski definition) is 6. The van der Waals surface area contributed by atoms with Gasteiger partial charge in [-0.05, 0) is 65.8 Å². The van der Waals surface area contributed by atoms with Gasteiger partial charge in [0.1, 0.15) is 0 Å². The summed E-state index contributed by atoms with van der Waals surface area (Å²) in [6.45, 7) is 12.7. The van der Waals surface area contributed by atoms with Crippen LogP contribution in [0.3, 0.4) is 0 Å². The molecule has 8 heteroatoms. The molecule has 0 amide bonds. The molecule has 2 rings (SSSR count). The third-order valence-electron chi connectivity index (χ3n) is 3.86. The minimum Gasteiger partial charge on any atom is -0.305 e.